The summed E-state index contributed by atoms with van der Waals surface area (Å²) in [5.74, 6) is -0.186. The Balaban J connectivity index is 2.08. The summed E-state index contributed by atoms with van der Waals surface area (Å²) in [6.07, 6.45) is 3.07. The first-order chi connectivity index (χ1) is 8.42. The lowest BCUT2D eigenvalue weighted by Crippen LogP contribution is -2.39. The van der Waals surface area contributed by atoms with Crippen LogP contribution in [0.2, 0.25) is 0 Å². The van der Waals surface area contributed by atoms with Crippen molar-refractivity contribution < 1.29 is 14.3 Å². The number of rotatable bonds is 3. The molecule has 102 valence electrons. The van der Waals surface area contributed by atoms with E-state index in [4.69, 9.17) is 9.47 Å². The highest BCUT2D eigenvalue weighted by Gasteiger charge is 2.44. The molecule has 4 nitrogen and oxygen atoms in total. The van der Waals surface area contributed by atoms with Crippen LogP contribution in [0.4, 0.5) is 0 Å². The summed E-state index contributed by atoms with van der Waals surface area (Å²) in [4.78, 5) is 14.2. The van der Waals surface area contributed by atoms with Crippen molar-refractivity contribution in [3.05, 3.63) is 11.6 Å². The summed E-state index contributed by atoms with van der Waals surface area (Å²) in [5, 5.41) is 0. The molecule has 0 saturated carbocycles. The highest BCUT2D eigenvalue weighted by Crippen LogP contribution is 2.33. The van der Waals surface area contributed by atoms with Crippen LogP contribution in [0.5, 0.6) is 0 Å². The number of esters is 1. The van der Waals surface area contributed by atoms with Gasteiger partial charge in [-0.3, -0.25) is 4.90 Å². The molecular weight excluding hydrogens is 230 g/mol. The molecule has 2 heterocycles. The smallest absolute Gasteiger partial charge is 0.335 e. The average Bonchev–Trinajstić information content (AvgIpc) is 2.79. The van der Waals surface area contributed by atoms with Gasteiger partial charge in [0.15, 0.2) is 0 Å². The third-order valence-corrected chi connectivity index (χ3v) is 3.33. The van der Waals surface area contributed by atoms with Crippen molar-refractivity contribution in [2.24, 2.45) is 0 Å². The predicted molar refractivity (Wildman–Crippen MR) is 69.3 cm³/mol. The maximum atomic E-state index is 11.9. The average molecular weight is 253 g/mol. The number of nitrogens with zero attached hydrogens (tertiary/aromatic N) is 1. The summed E-state index contributed by atoms with van der Waals surface area (Å²) < 4.78 is 11.2. The summed E-state index contributed by atoms with van der Waals surface area (Å²) >= 11 is 0. The Morgan fingerprint density at radius 3 is 2.83 bits per heavy atom. The molecular formula is C14H23NO3. The summed E-state index contributed by atoms with van der Waals surface area (Å²) in [5.41, 5.74) is 0.604. The second-order valence-electron chi connectivity index (χ2n) is 5.88. The highest BCUT2D eigenvalue weighted by molar-refractivity contribution is 5.90. The molecule has 0 aromatic carbocycles. The number of fused-ring (bicyclic) bond motifs is 1. The first-order valence-electron chi connectivity index (χ1n) is 6.71. The van der Waals surface area contributed by atoms with E-state index in [1.807, 2.05) is 13.0 Å². The van der Waals surface area contributed by atoms with Crippen LogP contribution < -0.4 is 0 Å². The molecule has 4 heteroatoms. The minimum Gasteiger partial charge on any atom is -0.463 e. The Morgan fingerprint density at radius 2 is 2.22 bits per heavy atom. The topological polar surface area (TPSA) is 38.8 Å². The van der Waals surface area contributed by atoms with Crippen molar-refractivity contribution in [2.45, 2.75) is 51.9 Å². The van der Waals surface area contributed by atoms with E-state index in [1.54, 1.807) is 0 Å². The number of hydrogen-bond acceptors (Lipinski definition) is 4. The molecule has 0 unspecified atom stereocenters. The molecule has 0 N–H and O–H groups in total. The molecule has 0 bridgehead atoms. The van der Waals surface area contributed by atoms with Crippen LogP contribution in [0.15, 0.2) is 11.6 Å². The molecule has 0 aliphatic carbocycles. The largest absolute Gasteiger partial charge is 0.463 e. The van der Waals surface area contributed by atoms with E-state index < -0.39 is 0 Å². The summed E-state index contributed by atoms with van der Waals surface area (Å²) in [6, 6.07) is 0.0864. The van der Waals surface area contributed by atoms with Gasteiger partial charge in [0.25, 0.3) is 0 Å². The number of ether oxygens (including phenoxy) is 2. The van der Waals surface area contributed by atoms with Gasteiger partial charge in [-0.15, -0.1) is 0 Å². The molecule has 18 heavy (non-hydrogen) atoms. The molecule has 2 atom stereocenters. The SMILES string of the molecule is CCOC(=O)C1=CCN2CC[C@H](OC(C)(C)C)[C@@H]12. The van der Waals surface area contributed by atoms with Gasteiger partial charge in [-0.1, -0.05) is 6.08 Å². The monoisotopic (exact) mass is 253 g/mol. The fourth-order valence-corrected chi connectivity index (χ4v) is 2.76. The second-order valence-corrected chi connectivity index (χ2v) is 5.88. The first kappa shape index (κ1) is 13.6. The third kappa shape index (κ3) is 2.75. The van der Waals surface area contributed by atoms with Gasteiger partial charge in [-0.05, 0) is 34.1 Å². The molecule has 2 rings (SSSR count). The molecule has 1 saturated heterocycles. The maximum Gasteiger partial charge on any atom is 0.335 e. The molecule has 1 fully saturated rings. The van der Waals surface area contributed by atoms with Crippen molar-refractivity contribution in [1.29, 1.82) is 0 Å². The molecule has 0 amide bonds. The molecule has 0 aromatic heterocycles. The fraction of sp³-hybridized carbons (Fsp3) is 0.786. The van der Waals surface area contributed by atoms with Crippen molar-refractivity contribution in [2.75, 3.05) is 19.7 Å². The van der Waals surface area contributed by atoms with Crippen molar-refractivity contribution >= 4 is 5.97 Å². The Morgan fingerprint density at radius 1 is 1.50 bits per heavy atom. The van der Waals surface area contributed by atoms with E-state index in [9.17, 15) is 4.79 Å². The van der Waals surface area contributed by atoms with Crippen LogP contribution in [-0.2, 0) is 14.3 Å². The molecule has 0 spiro atoms. The first-order valence-corrected chi connectivity index (χ1v) is 6.71. The van der Waals surface area contributed by atoms with E-state index in [2.05, 4.69) is 25.7 Å². The fourth-order valence-electron chi connectivity index (χ4n) is 2.76. The molecule has 0 aromatic rings. The van der Waals surface area contributed by atoms with Gasteiger partial charge in [-0.25, -0.2) is 4.79 Å². The Labute approximate surface area is 109 Å². The normalized spacial score (nSPS) is 28.1. The number of carbonyl (C=O) groups excluding carboxylic acids is 1. The minimum atomic E-state index is -0.186. The van der Waals surface area contributed by atoms with Gasteiger partial charge in [-0.2, -0.15) is 0 Å². The molecule has 0 radical (unpaired) electrons. The number of carbonyl (C=O) groups is 1. The van der Waals surface area contributed by atoms with Gasteiger partial charge >= 0.3 is 5.97 Å². The standard InChI is InChI=1S/C14H23NO3/c1-5-17-13(16)10-6-8-15-9-7-11(12(10)15)18-14(2,3)4/h6,11-12H,5,7-9H2,1-4H3/t11-,12+/m0/s1. The van der Waals surface area contributed by atoms with Gasteiger partial charge in [0.05, 0.1) is 29.9 Å². The van der Waals surface area contributed by atoms with Crippen LogP contribution in [0.3, 0.4) is 0 Å². The predicted octanol–water partition coefficient (Wildman–Crippen LogP) is 1.75. The second kappa shape index (κ2) is 5.02. The zero-order valence-corrected chi connectivity index (χ0v) is 11.7. The van der Waals surface area contributed by atoms with Crippen LogP contribution in [0.1, 0.15) is 34.1 Å². The van der Waals surface area contributed by atoms with Crippen molar-refractivity contribution in [3.63, 3.8) is 0 Å². The maximum absolute atomic E-state index is 11.9. The summed E-state index contributed by atoms with van der Waals surface area (Å²) in [6.45, 7) is 10.2. The lowest BCUT2D eigenvalue weighted by atomic mass is 10.0. The van der Waals surface area contributed by atoms with E-state index >= 15 is 0 Å². The van der Waals surface area contributed by atoms with Crippen LogP contribution in [0, 0.1) is 0 Å². The third-order valence-electron chi connectivity index (χ3n) is 3.33. The molecule has 2 aliphatic heterocycles. The minimum absolute atomic E-state index is 0.0864. The number of hydrogen-bond donors (Lipinski definition) is 0. The molecule has 2 aliphatic rings. The van der Waals surface area contributed by atoms with E-state index in [0.717, 1.165) is 25.1 Å². The Hall–Kier alpha value is -0.870. The Bertz CT molecular complexity index is 357. The van der Waals surface area contributed by atoms with Gasteiger partial charge in [0, 0.05) is 13.1 Å². The zero-order valence-electron chi connectivity index (χ0n) is 11.7. The van der Waals surface area contributed by atoms with E-state index in [1.165, 1.54) is 0 Å². The lowest BCUT2D eigenvalue weighted by molar-refractivity contribution is -0.140. The van der Waals surface area contributed by atoms with Crippen LogP contribution in [0.25, 0.3) is 0 Å². The van der Waals surface area contributed by atoms with Crippen LogP contribution >= 0.6 is 0 Å². The zero-order chi connectivity index (χ0) is 13.3. The van der Waals surface area contributed by atoms with Crippen molar-refractivity contribution in [1.82, 2.24) is 4.90 Å². The van der Waals surface area contributed by atoms with Gasteiger partial charge in [0.1, 0.15) is 0 Å². The van der Waals surface area contributed by atoms with Crippen LogP contribution in [-0.4, -0.2) is 48.3 Å². The van der Waals surface area contributed by atoms with Crippen molar-refractivity contribution in [3.8, 4) is 0 Å². The van der Waals surface area contributed by atoms with Gasteiger partial charge < -0.3 is 9.47 Å². The van der Waals surface area contributed by atoms with Gasteiger partial charge in [0.2, 0.25) is 0 Å². The highest BCUT2D eigenvalue weighted by atomic mass is 16.5. The summed E-state index contributed by atoms with van der Waals surface area (Å²) in [7, 11) is 0. The van der Waals surface area contributed by atoms with E-state index in [-0.39, 0.29) is 23.7 Å². The lowest BCUT2D eigenvalue weighted by Gasteiger charge is -2.29. The van der Waals surface area contributed by atoms with E-state index in [0.29, 0.717) is 6.61 Å². The quantitative estimate of drug-likeness (QED) is 0.718. The Kier molecular flexibility index (Phi) is 3.78.